The maximum Gasteiger partial charge on any atom is 0.225 e. The number of hydrogen-bond acceptors (Lipinski definition) is 3. The average molecular weight is 274 g/mol. The minimum absolute atomic E-state index is 0.0400. The van der Waals surface area contributed by atoms with Gasteiger partial charge in [0.2, 0.25) is 5.91 Å². The molecule has 1 amide bonds. The van der Waals surface area contributed by atoms with Crippen molar-refractivity contribution < 1.29 is 9.53 Å². The van der Waals surface area contributed by atoms with Gasteiger partial charge in [0, 0.05) is 24.1 Å². The number of nitrogens with two attached hydrogens (primary N) is 1. The number of likely N-dealkylation sites (tertiary alicyclic amines) is 1. The normalized spacial score (nSPS) is 27.3. The number of carbonyl (C=O) groups is 1. The quantitative estimate of drug-likeness (QED) is 0.919. The molecule has 0 bridgehead atoms. The highest BCUT2D eigenvalue weighted by Gasteiger charge is 2.43. The van der Waals surface area contributed by atoms with Gasteiger partial charge in [-0.25, -0.2) is 0 Å². The first-order chi connectivity index (χ1) is 9.72. The number of para-hydroxylation sites is 1. The fourth-order valence-electron chi connectivity index (χ4n) is 3.68. The Balaban J connectivity index is 1.97. The predicted octanol–water partition coefficient (Wildman–Crippen LogP) is 2.24. The van der Waals surface area contributed by atoms with Crippen molar-refractivity contribution in [2.45, 2.75) is 50.2 Å². The summed E-state index contributed by atoms with van der Waals surface area (Å²) >= 11 is 0. The van der Waals surface area contributed by atoms with Gasteiger partial charge in [-0.1, -0.05) is 31.0 Å². The molecule has 3 rings (SSSR count). The van der Waals surface area contributed by atoms with E-state index in [9.17, 15) is 4.79 Å². The third kappa shape index (κ3) is 2.18. The van der Waals surface area contributed by atoms with Gasteiger partial charge in [0.05, 0.1) is 13.2 Å². The van der Waals surface area contributed by atoms with Crippen LogP contribution in [0.3, 0.4) is 0 Å². The van der Waals surface area contributed by atoms with Crippen LogP contribution in [-0.4, -0.2) is 30.0 Å². The molecule has 1 aromatic carbocycles. The van der Waals surface area contributed by atoms with Gasteiger partial charge in [-0.05, 0) is 18.9 Å². The maximum atomic E-state index is 12.4. The summed E-state index contributed by atoms with van der Waals surface area (Å²) < 4.78 is 5.46. The van der Waals surface area contributed by atoms with Gasteiger partial charge in [0.15, 0.2) is 0 Å². The molecule has 2 atom stereocenters. The molecule has 1 aliphatic carbocycles. The number of benzene rings is 1. The summed E-state index contributed by atoms with van der Waals surface area (Å²) in [6.07, 6.45) is 5.07. The van der Waals surface area contributed by atoms with E-state index in [-0.39, 0.29) is 18.0 Å². The zero-order valence-corrected chi connectivity index (χ0v) is 11.9. The zero-order valence-electron chi connectivity index (χ0n) is 11.9. The van der Waals surface area contributed by atoms with E-state index in [0.717, 1.165) is 24.2 Å². The molecule has 4 heteroatoms. The van der Waals surface area contributed by atoms with Crippen LogP contribution in [0, 0.1) is 0 Å². The van der Waals surface area contributed by atoms with E-state index in [2.05, 4.69) is 0 Å². The number of amides is 1. The molecule has 0 aromatic heterocycles. The standard InChI is InChI=1S/C16H22N2O2/c1-20-14-9-5-4-8-12(14)16-13(17)10-15(19)18(16)11-6-2-3-7-11/h4-5,8-9,11,13,16H,2-3,6-7,10,17H2,1H3. The molecule has 2 aliphatic rings. The van der Waals surface area contributed by atoms with Gasteiger partial charge in [0.25, 0.3) is 0 Å². The number of ether oxygens (including phenoxy) is 1. The molecule has 1 heterocycles. The Hall–Kier alpha value is -1.55. The molecule has 1 saturated carbocycles. The van der Waals surface area contributed by atoms with Crippen LogP contribution in [0.4, 0.5) is 0 Å². The Morgan fingerprint density at radius 3 is 2.65 bits per heavy atom. The lowest BCUT2D eigenvalue weighted by molar-refractivity contribution is -0.131. The van der Waals surface area contributed by atoms with Crippen LogP contribution in [0.2, 0.25) is 0 Å². The Morgan fingerprint density at radius 1 is 1.25 bits per heavy atom. The average Bonchev–Trinajstić information content (AvgIpc) is 3.06. The smallest absolute Gasteiger partial charge is 0.225 e. The summed E-state index contributed by atoms with van der Waals surface area (Å²) in [5.41, 5.74) is 7.31. The van der Waals surface area contributed by atoms with Crippen molar-refractivity contribution in [1.29, 1.82) is 0 Å². The molecule has 108 valence electrons. The van der Waals surface area contributed by atoms with Gasteiger partial charge in [-0.15, -0.1) is 0 Å². The first-order valence-corrected chi connectivity index (χ1v) is 7.42. The van der Waals surface area contributed by atoms with Crippen molar-refractivity contribution in [3.63, 3.8) is 0 Å². The minimum Gasteiger partial charge on any atom is -0.496 e. The molecular formula is C16H22N2O2. The van der Waals surface area contributed by atoms with Crippen LogP contribution < -0.4 is 10.5 Å². The van der Waals surface area contributed by atoms with Crippen molar-refractivity contribution in [2.75, 3.05) is 7.11 Å². The summed E-state index contributed by atoms with van der Waals surface area (Å²) in [4.78, 5) is 14.4. The van der Waals surface area contributed by atoms with Crippen LogP contribution in [0.1, 0.15) is 43.7 Å². The monoisotopic (exact) mass is 274 g/mol. The van der Waals surface area contributed by atoms with E-state index < -0.39 is 0 Å². The minimum atomic E-state index is -0.139. The molecule has 1 aliphatic heterocycles. The summed E-state index contributed by atoms with van der Waals surface area (Å²) in [5.74, 6) is 1.02. The summed E-state index contributed by atoms with van der Waals surface area (Å²) in [7, 11) is 1.67. The van der Waals surface area contributed by atoms with Crippen molar-refractivity contribution >= 4 is 5.91 Å². The molecule has 2 unspecified atom stereocenters. The van der Waals surface area contributed by atoms with E-state index in [1.54, 1.807) is 7.11 Å². The SMILES string of the molecule is COc1ccccc1C1C(N)CC(=O)N1C1CCCC1. The Morgan fingerprint density at radius 2 is 1.95 bits per heavy atom. The van der Waals surface area contributed by atoms with Gasteiger partial charge < -0.3 is 15.4 Å². The highest BCUT2D eigenvalue weighted by Crippen LogP contribution is 2.41. The van der Waals surface area contributed by atoms with Crippen LogP contribution in [0.5, 0.6) is 5.75 Å². The highest BCUT2D eigenvalue weighted by atomic mass is 16.5. The summed E-state index contributed by atoms with van der Waals surface area (Å²) in [6.45, 7) is 0. The first-order valence-electron chi connectivity index (χ1n) is 7.42. The topological polar surface area (TPSA) is 55.6 Å². The molecule has 0 radical (unpaired) electrons. The van der Waals surface area contributed by atoms with Crippen molar-refractivity contribution in [3.8, 4) is 5.75 Å². The molecule has 4 nitrogen and oxygen atoms in total. The van der Waals surface area contributed by atoms with Gasteiger partial charge in [-0.2, -0.15) is 0 Å². The van der Waals surface area contributed by atoms with Gasteiger partial charge >= 0.3 is 0 Å². The second-order valence-electron chi connectivity index (χ2n) is 5.79. The number of nitrogens with zero attached hydrogens (tertiary/aromatic N) is 1. The van der Waals surface area contributed by atoms with Crippen LogP contribution in [0.25, 0.3) is 0 Å². The van der Waals surface area contributed by atoms with E-state index in [0.29, 0.717) is 12.5 Å². The fourth-order valence-corrected chi connectivity index (χ4v) is 3.68. The molecule has 0 spiro atoms. The first kappa shape index (κ1) is 13.4. The number of rotatable bonds is 3. The van der Waals surface area contributed by atoms with Crippen LogP contribution in [-0.2, 0) is 4.79 Å². The van der Waals surface area contributed by atoms with E-state index in [1.165, 1.54) is 12.8 Å². The number of hydrogen-bond donors (Lipinski definition) is 1. The number of carbonyl (C=O) groups excluding carboxylic acids is 1. The molecule has 2 fully saturated rings. The summed E-state index contributed by atoms with van der Waals surface area (Å²) in [5, 5.41) is 0. The second-order valence-corrected chi connectivity index (χ2v) is 5.79. The van der Waals surface area contributed by atoms with E-state index >= 15 is 0 Å². The highest BCUT2D eigenvalue weighted by molar-refractivity contribution is 5.81. The molecular weight excluding hydrogens is 252 g/mol. The van der Waals surface area contributed by atoms with Crippen LogP contribution >= 0.6 is 0 Å². The summed E-state index contributed by atoms with van der Waals surface area (Å²) in [6, 6.07) is 8.08. The zero-order chi connectivity index (χ0) is 14.1. The Kier molecular flexibility index (Phi) is 3.66. The third-order valence-electron chi connectivity index (χ3n) is 4.58. The molecule has 1 saturated heterocycles. The Bertz CT molecular complexity index is 497. The molecule has 20 heavy (non-hydrogen) atoms. The molecule has 1 aromatic rings. The van der Waals surface area contributed by atoms with E-state index in [1.807, 2.05) is 29.2 Å². The molecule has 2 N–H and O–H groups in total. The fraction of sp³-hybridized carbons (Fsp3) is 0.562. The number of methoxy groups -OCH3 is 1. The maximum absolute atomic E-state index is 12.4. The van der Waals surface area contributed by atoms with Crippen molar-refractivity contribution in [3.05, 3.63) is 29.8 Å². The lowest BCUT2D eigenvalue weighted by Gasteiger charge is -2.33. The lowest BCUT2D eigenvalue weighted by Crippen LogP contribution is -2.39. The van der Waals surface area contributed by atoms with Gasteiger partial charge in [0.1, 0.15) is 5.75 Å². The van der Waals surface area contributed by atoms with Crippen LogP contribution in [0.15, 0.2) is 24.3 Å². The van der Waals surface area contributed by atoms with Crippen molar-refractivity contribution in [2.24, 2.45) is 5.73 Å². The lowest BCUT2D eigenvalue weighted by atomic mass is 9.98. The van der Waals surface area contributed by atoms with Gasteiger partial charge in [-0.3, -0.25) is 4.79 Å². The van der Waals surface area contributed by atoms with E-state index in [4.69, 9.17) is 10.5 Å². The predicted molar refractivity (Wildman–Crippen MR) is 77.4 cm³/mol. The second kappa shape index (κ2) is 5.44. The third-order valence-corrected chi connectivity index (χ3v) is 4.58. The largest absolute Gasteiger partial charge is 0.496 e. The Labute approximate surface area is 119 Å². The van der Waals surface area contributed by atoms with Crippen molar-refractivity contribution in [1.82, 2.24) is 4.90 Å².